The van der Waals surface area contributed by atoms with Gasteiger partial charge in [-0.05, 0) is 28.8 Å². The lowest BCUT2D eigenvalue weighted by molar-refractivity contribution is 0.0990. The Morgan fingerprint density at radius 2 is 1.38 bits per heavy atom. The van der Waals surface area contributed by atoms with Crippen LogP contribution in [-0.4, -0.2) is 11.6 Å². The van der Waals surface area contributed by atoms with E-state index in [0.717, 1.165) is 4.88 Å². The maximum Gasteiger partial charge on any atom is 0.197 e. The fourth-order valence-electron chi connectivity index (χ4n) is 4.08. The zero-order valence-corrected chi connectivity index (χ0v) is 15.3. The minimum Gasteiger partial charge on any atom is -0.288 e. The Kier molecular flexibility index (Phi) is 3.05. The average molecular weight is 356 g/mol. The highest BCUT2D eigenvalue weighted by atomic mass is 32.1. The van der Waals surface area contributed by atoms with Gasteiger partial charge < -0.3 is 0 Å². The van der Waals surface area contributed by atoms with Gasteiger partial charge in [0.05, 0.1) is 5.57 Å². The van der Waals surface area contributed by atoms with Crippen molar-refractivity contribution in [2.75, 3.05) is 0 Å². The molecule has 0 amide bonds. The van der Waals surface area contributed by atoms with Crippen molar-refractivity contribution >= 4 is 29.0 Å². The highest BCUT2D eigenvalue weighted by Crippen LogP contribution is 2.52. The molecule has 3 heteroatoms. The summed E-state index contributed by atoms with van der Waals surface area (Å²) in [6, 6.07) is 17.6. The van der Waals surface area contributed by atoms with E-state index < -0.39 is 0 Å². The summed E-state index contributed by atoms with van der Waals surface area (Å²) in [6.45, 7) is 4.46. The van der Waals surface area contributed by atoms with Gasteiger partial charge in [-0.1, -0.05) is 62.4 Å². The van der Waals surface area contributed by atoms with Gasteiger partial charge in [-0.15, -0.1) is 11.3 Å². The predicted octanol–water partition coefficient (Wildman–Crippen LogP) is 5.52. The molecule has 0 N–H and O–H groups in total. The van der Waals surface area contributed by atoms with Crippen molar-refractivity contribution in [1.29, 1.82) is 0 Å². The first kappa shape index (κ1) is 15.5. The lowest BCUT2D eigenvalue weighted by Crippen LogP contribution is -2.13. The van der Waals surface area contributed by atoms with Gasteiger partial charge in [-0.3, -0.25) is 9.59 Å². The topological polar surface area (TPSA) is 34.1 Å². The third-order valence-electron chi connectivity index (χ3n) is 5.40. The van der Waals surface area contributed by atoms with E-state index in [1.54, 1.807) is 41.7 Å². The molecule has 0 fully saturated rings. The summed E-state index contributed by atoms with van der Waals surface area (Å²) in [4.78, 5) is 27.5. The Balaban J connectivity index is 1.63. The van der Waals surface area contributed by atoms with Crippen molar-refractivity contribution < 1.29 is 9.59 Å². The van der Waals surface area contributed by atoms with Crippen LogP contribution in [0, 0.1) is 0 Å². The Hall–Kier alpha value is -2.78. The summed E-state index contributed by atoms with van der Waals surface area (Å²) in [5, 5.41) is 0. The van der Waals surface area contributed by atoms with Crippen LogP contribution in [0.2, 0.25) is 0 Å². The van der Waals surface area contributed by atoms with Crippen LogP contribution in [0.1, 0.15) is 49.9 Å². The minimum absolute atomic E-state index is 0.0555. The smallest absolute Gasteiger partial charge is 0.197 e. The van der Waals surface area contributed by atoms with Crippen LogP contribution >= 0.6 is 11.3 Å². The first-order valence-corrected chi connectivity index (χ1v) is 9.44. The number of hydrogen-bond acceptors (Lipinski definition) is 3. The molecule has 0 atom stereocenters. The van der Waals surface area contributed by atoms with Crippen LogP contribution < -0.4 is 0 Å². The molecule has 2 aromatic carbocycles. The number of carbonyl (C=O) groups excluding carboxylic acids is 2. The summed E-state index contributed by atoms with van der Waals surface area (Å²) in [5.41, 5.74) is 5.05. The normalized spacial score (nSPS) is 16.5. The van der Waals surface area contributed by atoms with Crippen molar-refractivity contribution in [1.82, 2.24) is 0 Å². The summed E-state index contributed by atoms with van der Waals surface area (Å²) in [7, 11) is 0. The second-order valence-electron chi connectivity index (χ2n) is 7.32. The maximum atomic E-state index is 12.6. The van der Waals surface area contributed by atoms with E-state index in [2.05, 4.69) is 44.2 Å². The summed E-state index contributed by atoms with van der Waals surface area (Å²) in [6.07, 6.45) is 1.77. The van der Waals surface area contributed by atoms with Crippen molar-refractivity contribution in [3.63, 3.8) is 0 Å². The maximum absolute atomic E-state index is 12.6. The standard InChI is InChI=1S/C23H16O2S/c1-23(2)19-10-6-5-7-14(19)17-11-13(26-22(17)23)12-18-20(24)15-8-3-4-9-16(15)21(18)25/h3-12H,1-2H3. The number of ketones is 2. The molecule has 1 aromatic heterocycles. The number of hydrogen-bond donors (Lipinski definition) is 0. The first-order chi connectivity index (χ1) is 12.5. The molecule has 0 spiro atoms. The molecule has 3 aromatic rings. The predicted molar refractivity (Wildman–Crippen MR) is 105 cm³/mol. The van der Waals surface area contributed by atoms with E-state index in [-0.39, 0.29) is 22.6 Å². The lowest BCUT2D eigenvalue weighted by Gasteiger charge is -2.19. The van der Waals surface area contributed by atoms with Crippen LogP contribution in [0.5, 0.6) is 0 Å². The molecule has 26 heavy (non-hydrogen) atoms. The van der Waals surface area contributed by atoms with Crippen LogP contribution in [0.15, 0.2) is 60.2 Å². The average Bonchev–Trinajstić information content (AvgIpc) is 3.24. The Morgan fingerprint density at radius 3 is 2.04 bits per heavy atom. The molecule has 0 bridgehead atoms. The Labute approximate surface area is 155 Å². The number of rotatable bonds is 1. The molecule has 0 saturated heterocycles. The number of Topliss-reactive ketones (excluding diaryl/α,β-unsaturated/α-hetero) is 2. The first-order valence-electron chi connectivity index (χ1n) is 8.63. The third-order valence-corrected chi connectivity index (χ3v) is 6.81. The fraction of sp³-hybridized carbons (Fsp3) is 0.130. The third kappa shape index (κ3) is 1.92. The van der Waals surface area contributed by atoms with Crippen molar-refractivity contribution in [3.8, 4) is 11.1 Å². The largest absolute Gasteiger partial charge is 0.288 e. The van der Waals surface area contributed by atoms with Gasteiger partial charge in [0.2, 0.25) is 0 Å². The van der Waals surface area contributed by atoms with E-state index in [4.69, 9.17) is 0 Å². The molecule has 2 aliphatic rings. The van der Waals surface area contributed by atoms with Crippen LogP contribution in [-0.2, 0) is 5.41 Å². The minimum atomic E-state index is -0.168. The molecule has 0 unspecified atom stereocenters. The van der Waals surface area contributed by atoms with Crippen LogP contribution in [0.4, 0.5) is 0 Å². The van der Waals surface area contributed by atoms with Crippen molar-refractivity contribution in [2.45, 2.75) is 19.3 Å². The fourth-order valence-corrected chi connectivity index (χ4v) is 5.31. The molecular formula is C23H16O2S. The molecule has 0 saturated carbocycles. The molecule has 0 radical (unpaired) electrons. The summed E-state index contributed by atoms with van der Waals surface area (Å²) < 4.78 is 0. The number of thiophene rings is 1. The number of benzene rings is 2. The molecular weight excluding hydrogens is 340 g/mol. The van der Waals surface area contributed by atoms with E-state index in [1.165, 1.54) is 21.6 Å². The zero-order chi connectivity index (χ0) is 18.1. The van der Waals surface area contributed by atoms with Crippen LogP contribution in [0.25, 0.3) is 17.2 Å². The molecule has 126 valence electrons. The lowest BCUT2D eigenvalue weighted by atomic mass is 9.87. The van der Waals surface area contributed by atoms with Gasteiger partial charge in [0.15, 0.2) is 11.6 Å². The zero-order valence-electron chi connectivity index (χ0n) is 14.5. The number of allylic oxidation sites excluding steroid dienone is 1. The van der Waals surface area contributed by atoms with Crippen molar-refractivity contribution in [2.24, 2.45) is 0 Å². The molecule has 5 rings (SSSR count). The summed E-state index contributed by atoms with van der Waals surface area (Å²) >= 11 is 1.67. The van der Waals surface area contributed by atoms with Gasteiger partial charge in [0.1, 0.15) is 0 Å². The Bertz CT molecular complexity index is 1110. The van der Waals surface area contributed by atoms with E-state index in [0.29, 0.717) is 11.1 Å². The van der Waals surface area contributed by atoms with Crippen molar-refractivity contribution in [3.05, 3.63) is 86.6 Å². The van der Waals surface area contributed by atoms with Gasteiger partial charge in [-0.2, -0.15) is 0 Å². The van der Waals surface area contributed by atoms with Gasteiger partial charge >= 0.3 is 0 Å². The van der Waals surface area contributed by atoms with E-state index in [1.807, 2.05) is 0 Å². The highest BCUT2D eigenvalue weighted by Gasteiger charge is 2.38. The van der Waals surface area contributed by atoms with Crippen LogP contribution in [0.3, 0.4) is 0 Å². The Morgan fingerprint density at radius 1 is 0.808 bits per heavy atom. The van der Waals surface area contributed by atoms with E-state index >= 15 is 0 Å². The quantitative estimate of drug-likeness (QED) is 0.425. The monoisotopic (exact) mass is 356 g/mol. The molecule has 1 heterocycles. The molecule has 2 nitrogen and oxygen atoms in total. The van der Waals surface area contributed by atoms with Gasteiger partial charge in [-0.25, -0.2) is 0 Å². The van der Waals surface area contributed by atoms with Gasteiger partial charge in [0, 0.05) is 26.3 Å². The second-order valence-corrected chi connectivity index (χ2v) is 8.41. The van der Waals surface area contributed by atoms with E-state index in [9.17, 15) is 9.59 Å². The summed E-state index contributed by atoms with van der Waals surface area (Å²) in [5.74, 6) is -0.336. The van der Waals surface area contributed by atoms with Gasteiger partial charge in [0.25, 0.3) is 0 Å². The SMILES string of the molecule is CC1(C)c2ccccc2-c2cc(C=C3C(=O)c4ccccc4C3=O)sc21. The molecule has 0 aliphatic heterocycles. The number of carbonyl (C=O) groups is 2. The number of fused-ring (bicyclic) bond motifs is 4. The highest BCUT2D eigenvalue weighted by molar-refractivity contribution is 7.13. The second kappa shape index (κ2) is 5.12. The molecule has 2 aliphatic carbocycles.